The van der Waals surface area contributed by atoms with Gasteiger partial charge in [-0.2, -0.15) is 0 Å². The molecule has 0 N–H and O–H groups in total. The van der Waals surface area contributed by atoms with Crippen LogP contribution in [0.15, 0.2) is 30.4 Å². The van der Waals surface area contributed by atoms with Gasteiger partial charge < -0.3 is 14.5 Å². The number of fused-ring (bicyclic) bond motifs is 1. The SMILES string of the molecule is Cc1ccc(CN2C[C@@]34C=C[C@@H](O3)C(C(=O)N3CCCC3)C4C2=O)cc1C. The first kappa shape index (κ1) is 17.0. The van der Waals surface area contributed by atoms with Crippen LogP contribution in [0.25, 0.3) is 0 Å². The van der Waals surface area contributed by atoms with Gasteiger partial charge in [0.1, 0.15) is 5.60 Å². The van der Waals surface area contributed by atoms with Crippen molar-refractivity contribution in [2.24, 2.45) is 11.8 Å². The van der Waals surface area contributed by atoms with E-state index in [4.69, 9.17) is 4.74 Å². The number of nitrogens with zero attached hydrogens (tertiary/aromatic N) is 2. The van der Waals surface area contributed by atoms with E-state index in [0.717, 1.165) is 31.5 Å². The average Bonchev–Trinajstić information content (AvgIpc) is 3.40. The summed E-state index contributed by atoms with van der Waals surface area (Å²) in [5.41, 5.74) is 3.00. The van der Waals surface area contributed by atoms with E-state index in [1.54, 1.807) is 0 Å². The highest BCUT2D eigenvalue weighted by molar-refractivity contribution is 5.93. The Morgan fingerprint density at radius 3 is 2.74 bits per heavy atom. The van der Waals surface area contributed by atoms with E-state index in [2.05, 4.69) is 32.0 Å². The predicted molar refractivity (Wildman–Crippen MR) is 101 cm³/mol. The van der Waals surface area contributed by atoms with Gasteiger partial charge in [-0.1, -0.05) is 30.4 Å². The molecule has 5 heteroatoms. The van der Waals surface area contributed by atoms with Crippen LogP contribution < -0.4 is 0 Å². The number of hydrogen-bond donors (Lipinski definition) is 0. The van der Waals surface area contributed by atoms with Gasteiger partial charge >= 0.3 is 0 Å². The summed E-state index contributed by atoms with van der Waals surface area (Å²) in [4.78, 5) is 30.2. The average molecular weight is 366 g/mol. The maximum Gasteiger partial charge on any atom is 0.230 e. The van der Waals surface area contributed by atoms with Crippen LogP contribution in [0.4, 0.5) is 0 Å². The van der Waals surface area contributed by atoms with Gasteiger partial charge in [0.2, 0.25) is 11.8 Å². The molecule has 4 atom stereocenters. The summed E-state index contributed by atoms with van der Waals surface area (Å²) >= 11 is 0. The van der Waals surface area contributed by atoms with Crippen LogP contribution in [0, 0.1) is 25.7 Å². The van der Waals surface area contributed by atoms with Crippen molar-refractivity contribution in [2.75, 3.05) is 19.6 Å². The highest BCUT2D eigenvalue weighted by Crippen LogP contribution is 2.52. The van der Waals surface area contributed by atoms with Crippen molar-refractivity contribution >= 4 is 11.8 Å². The Labute approximate surface area is 160 Å². The molecular weight excluding hydrogens is 340 g/mol. The van der Waals surface area contributed by atoms with Gasteiger partial charge in [0, 0.05) is 19.6 Å². The highest BCUT2D eigenvalue weighted by atomic mass is 16.5. The lowest BCUT2D eigenvalue weighted by Crippen LogP contribution is -2.45. The van der Waals surface area contributed by atoms with Crippen LogP contribution in [0.3, 0.4) is 0 Å². The molecule has 0 saturated carbocycles. The van der Waals surface area contributed by atoms with Gasteiger partial charge in [0.15, 0.2) is 0 Å². The molecule has 0 aromatic heterocycles. The molecule has 142 valence electrons. The van der Waals surface area contributed by atoms with E-state index in [1.165, 1.54) is 11.1 Å². The van der Waals surface area contributed by atoms with Crippen molar-refractivity contribution < 1.29 is 14.3 Å². The molecule has 2 unspecified atom stereocenters. The van der Waals surface area contributed by atoms with Gasteiger partial charge in [0.05, 0.1) is 24.5 Å². The molecule has 4 aliphatic heterocycles. The third kappa shape index (κ3) is 2.48. The lowest BCUT2D eigenvalue weighted by Gasteiger charge is -2.27. The number of carbonyl (C=O) groups is 2. The lowest BCUT2D eigenvalue weighted by molar-refractivity contribution is -0.142. The number of hydrogen-bond acceptors (Lipinski definition) is 3. The maximum absolute atomic E-state index is 13.3. The fourth-order valence-electron chi connectivity index (χ4n) is 5.26. The predicted octanol–water partition coefficient (Wildman–Crippen LogP) is 2.21. The maximum atomic E-state index is 13.3. The van der Waals surface area contributed by atoms with Gasteiger partial charge in [-0.3, -0.25) is 9.59 Å². The zero-order chi connectivity index (χ0) is 18.8. The molecule has 0 radical (unpaired) electrons. The van der Waals surface area contributed by atoms with E-state index in [1.807, 2.05) is 22.0 Å². The summed E-state index contributed by atoms with van der Waals surface area (Å²) in [5.74, 6) is -0.551. The minimum absolute atomic E-state index is 0.0672. The highest BCUT2D eigenvalue weighted by Gasteiger charge is 2.67. The van der Waals surface area contributed by atoms with Crippen LogP contribution in [-0.2, 0) is 20.9 Å². The molecule has 5 rings (SSSR count). The second-order valence-electron chi connectivity index (χ2n) is 8.55. The molecule has 5 nitrogen and oxygen atoms in total. The first-order valence-electron chi connectivity index (χ1n) is 9.99. The molecule has 3 fully saturated rings. The molecule has 1 aromatic carbocycles. The van der Waals surface area contributed by atoms with Gasteiger partial charge in [-0.15, -0.1) is 0 Å². The molecule has 4 aliphatic rings. The Hall–Kier alpha value is -2.14. The Morgan fingerprint density at radius 2 is 2.00 bits per heavy atom. The van der Waals surface area contributed by atoms with Crippen LogP contribution in [0.1, 0.15) is 29.5 Å². The summed E-state index contributed by atoms with van der Waals surface area (Å²) in [6.45, 7) is 6.93. The van der Waals surface area contributed by atoms with E-state index < -0.39 is 5.60 Å². The number of aryl methyl sites for hydroxylation is 2. The third-order valence-electron chi connectivity index (χ3n) is 6.83. The number of ether oxygens (including phenoxy) is 1. The molecule has 4 heterocycles. The largest absolute Gasteiger partial charge is 0.360 e. The van der Waals surface area contributed by atoms with Crippen molar-refractivity contribution in [2.45, 2.75) is 44.9 Å². The zero-order valence-electron chi connectivity index (χ0n) is 16.0. The van der Waals surface area contributed by atoms with Crippen molar-refractivity contribution in [1.82, 2.24) is 9.80 Å². The molecule has 0 aliphatic carbocycles. The van der Waals surface area contributed by atoms with Gasteiger partial charge in [-0.25, -0.2) is 0 Å². The number of benzene rings is 1. The Balaban J connectivity index is 1.40. The molecule has 3 saturated heterocycles. The van der Waals surface area contributed by atoms with Crippen LogP contribution in [-0.4, -0.2) is 53.0 Å². The normalized spacial score (nSPS) is 34.0. The Kier molecular flexibility index (Phi) is 3.73. The van der Waals surface area contributed by atoms with Crippen molar-refractivity contribution in [1.29, 1.82) is 0 Å². The summed E-state index contributed by atoms with van der Waals surface area (Å²) < 4.78 is 6.24. The second-order valence-corrected chi connectivity index (χ2v) is 8.55. The lowest BCUT2D eigenvalue weighted by atomic mass is 9.76. The van der Waals surface area contributed by atoms with Gasteiger partial charge in [-0.05, 0) is 43.4 Å². The minimum atomic E-state index is -0.610. The second kappa shape index (κ2) is 5.93. The molecule has 2 bridgehead atoms. The van der Waals surface area contributed by atoms with Crippen molar-refractivity contribution in [3.05, 3.63) is 47.0 Å². The van der Waals surface area contributed by atoms with E-state index in [0.29, 0.717) is 13.1 Å². The molecule has 1 spiro atoms. The first-order valence-corrected chi connectivity index (χ1v) is 9.99. The molecule has 2 amide bonds. The number of carbonyl (C=O) groups excluding carboxylic acids is 2. The summed E-state index contributed by atoms with van der Waals surface area (Å²) in [7, 11) is 0. The monoisotopic (exact) mass is 366 g/mol. The van der Waals surface area contributed by atoms with Crippen LogP contribution in [0.2, 0.25) is 0 Å². The van der Waals surface area contributed by atoms with E-state index >= 15 is 0 Å². The third-order valence-corrected chi connectivity index (χ3v) is 6.83. The van der Waals surface area contributed by atoms with Gasteiger partial charge in [0.25, 0.3) is 0 Å². The number of amides is 2. The van der Waals surface area contributed by atoms with Crippen LogP contribution in [0.5, 0.6) is 0 Å². The van der Waals surface area contributed by atoms with Crippen LogP contribution >= 0.6 is 0 Å². The standard InChI is InChI=1S/C22H26N2O3/c1-14-5-6-16(11-15(14)2)12-24-13-22-8-7-17(27-22)18(19(22)21(24)26)20(25)23-9-3-4-10-23/h5-8,11,17-19H,3-4,9-10,12-13H2,1-2H3/t17-,18?,19?,22-/m1/s1. The fraction of sp³-hybridized carbons (Fsp3) is 0.545. The Morgan fingerprint density at radius 1 is 1.22 bits per heavy atom. The number of likely N-dealkylation sites (tertiary alicyclic amines) is 2. The van der Waals surface area contributed by atoms with Crippen molar-refractivity contribution in [3.63, 3.8) is 0 Å². The zero-order valence-corrected chi connectivity index (χ0v) is 16.0. The summed E-state index contributed by atoms with van der Waals surface area (Å²) in [5, 5.41) is 0. The molecule has 1 aromatic rings. The quantitative estimate of drug-likeness (QED) is 0.771. The first-order chi connectivity index (χ1) is 13.0. The van der Waals surface area contributed by atoms with E-state index in [9.17, 15) is 9.59 Å². The molecule has 27 heavy (non-hydrogen) atoms. The summed E-state index contributed by atoms with van der Waals surface area (Å²) in [6.07, 6.45) is 5.91. The smallest absolute Gasteiger partial charge is 0.230 e. The Bertz CT molecular complexity index is 842. The minimum Gasteiger partial charge on any atom is -0.360 e. The number of rotatable bonds is 3. The van der Waals surface area contributed by atoms with Crippen molar-refractivity contribution in [3.8, 4) is 0 Å². The fourth-order valence-corrected chi connectivity index (χ4v) is 5.26. The topological polar surface area (TPSA) is 49.9 Å². The molecular formula is C22H26N2O3. The van der Waals surface area contributed by atoms with E-state index in [-0.39, 0.29) is 29.8 Å². The summed E-state index contributed by atoms with van der Waals surface area (Å²) in [6, 6.07) is 6.34.